The molecule has 3 N–H and O–H groups in total. The second-order valence-electron chi connectivity index (χ2n) is 4.66. The van der Waals surface area contributed by atoms with Gasteiger partial charge in [-0.05, 0) is 53.4 Å². The molecule has 1 aliphatic heterocycles. The van der Waals surface area contributed by atoms with Crippen LogP contribution in [0.3, 0.4) is 0 Å². The Morgan fingerprint density at radius 2 is 2.15 bits per heavy atom. The highest BCUT2D eigenvalue weighted by molar-refractivity contribution is 9.11. The second-order valence-corrected chi connectivity index (χ2v) is 6.43. The third kappa shape index (κ3) is 3.15. The first kappa shape index (κ1) is 15.3. The van der Waals surface area contributed by atoms with Crippen molar-refractivity contribution in [2.75, 3.05) is 6.54 Å². The van der Waals surface area contributed by atoms with E-state index in [9.17, 15) is 4.79 Å². The Bertz CT molecular complexity index is 548. The van der Waals surface area contributed by atoms with E-state index in [0.717, 1.165) is 21.8 Å². The van der Waals surface area contributed by atoms with Crippen LogP contribution in [-0.2, 0) is 0 Å². The summed E-state index contributed by atoms with van der Waals surface area (Å²) in [6, 6.07) is 5.11. The van der Waals surface area contributed by atoms with Crippen LogP contribution in [0.25, 0.3) is 0 Å². The topological polar surface area (TPSA) is 78.9 Å². The van der Waals surface area contributed by atoms with Gasteiger partial charge < -0.3 is 15.8 Å². The number of amidine groups is 1. The van der Waals surface area contributed by atoms with E-state index in [1.165, 1.54) is 0 Å². The number of hydrogen-bond acceptors (Lipinski definition) is 3. The number of piperidine rings is 1. The number of carbonyl (C=O) groups is 1. The minimum atomic E-state index is -0.341. The number of benzene rings is 1. The summed E-state index contributed by atoms with van der Waals surface area (Å²) in [6.07, 6.45) is 2.60. The highest BCUT2D eigenvalue weighted by Crippen LogP contribution is 2.26. The van der Waals surface area contributed by atoms with Crippen molar-refractivity contribution in [3.8, 4) is 0 Å². The monoisotopic (exact) mass is 403 g/mol. The fourth-order valence-electron chi connectivity index (χ4n) is 2.36. The van der Waals surface area contributed by atoms with Crippen molar-refractivity contribution in [1.29, 1.82) is 0 Å². The second kappa shape index (κ2) is 6.58. The number of nitrogens with zero attached hydrogens (tertiary/aromatic N) is 2. The van der Waals surface area contributed by atoms with E-state index in [1.54, 1.807) is 11.0 Å². The van der Waals surface area contributed by atoms with Gasteiger partial charge in [0.2, 0.25) is 0 Å². The smallest absolute Gasteiger partial charge is 0.255 e. The fourth-order valence-corrected chi connectivity index (χ4v) is 3.14. The van der Waals surface area contributed by atoms with Crippen molar-refractivity contribution < 1.29 is 10.0 Å². The van der Waals surface area contributed by atoms with Crippen LogP contribution in [0.4, 0.5) is 0 Å². The summed E-state index contributed by atoms with van der Waals surface area (Å²) in [5, 5.41) is 11.9. The van der Waals surface area contributed by atoms with Gasteiger partial charge in [-0.3, -0.25) is 4.79 Å². The SMILES string of the molecule is N/C(=N/O)C1CCCCN1C(=O)c1cc(Br)ccc1Br. The van der Waals surface area contributed by atoms with Crippen LogP contribution in [0.5, 0.6) is 0 Å². The van der Waals surface area contributed by atoms with Crippen molar-refractivity contribution in [2.24, 2.45) is 10.9 Å². The van der Waals surface area contributed by atoms with Gasteiger partial charge in [0.25, 0.3) is 5.91 Å². The maximum Gasteiger partial charge on any atom is 0.255 e. The molecule has 1 aromatic rings. The van der Waals surface area contributed by atoms with Crippen LogP contribution in [-0.4, -0.2) is 34.4 Å². The number of carbonyl (C=O) groups excluding carboxylic acids is 1. The van der Waals surface area contributed by atoms with E-state index in [2.05, 4.69) is 37.0 Å². The maximum absolute atomic E-state index is 12.7. The molecule has 1 aromatic carbocycles. The summed E-state index contributed by atoms with van der Waals surface area (Å²) in [5.74, 6) is -0.0290. The average Bonchev–Trinajstić information content (AvgIpc) is 2.48. The normalized spacial score (nSPS) is 20.0. The summed E-state index contributed by atoms with van der Waals surface area (Å²) in [5.41, 5.74) is 6.27. The van der Waals surface area contributed by atoms with Crippen molar-refractivity contribution >= 4 is 43.6 Å². The number of likely N-dealkylation sites (tertiary alicyclic amines) is 1. The van der Waals surface area contributed by atoms with Gasteiger partial charge in [0.1, 0.15) is 0 Å². The molecule has 1 amide bonds. The molecule has 1 atom stereocenters. The predicted octanol–water partition coefficient (Wildman–Crippen LogP) is 2.95. The molecular formula is C13H15Br2N3O2. The molecule has 7 heteroatoms. The van der Waals surface area contributed by atoms with E-state index >= 15 is 0 Å². The van der Waals surface area contributed by atoms with Gasteiger partial charge in [0, 0.05) is 15.5 Å². The van der Waals surface area contributed by atoms with Gasteiger partial charge in [-0.15, -0.1) is 0 Å². The largest absolute Gasteiger partial charge is 0.409 e. The number of halogens is 2. The van der Waals surface area contributed by atoms with Crippen molar-refractivity contribution in [3.63, 3.8) is 0 Å². The minimum absolute atomic E-state index is 0.0872. The van der Waals surface area contributed by atoms with Crippen LogP contribution in [0.2, 0.25) is 0 Å². The first-order valence-corrected chi connectivity index (χ1v) is 7.86. The summed E-state index contributed by atoms with van der Waals surface area (Å²) in [7, 11) is 0. The Morgan fingerprint density at radius 1 is 1.40 bits per heavy atom. The summed E-state index contributed by atoms with van der Waals surface area (Å²) < 4.78 is 1.57. The molecule has 1 heterocycles. The van der Waals surface area contributed by atoms with Gasteiger partial charge in [-0.2, -0.15) is 0 Å². The van der Waals surface area contributed by atoms with Gasteiger partial charge in [0.15, 0.2) is 5.84 Å². The molecule has 1 aliphatic rings. The predicted molar refractivity (Wildman–Crippen MR) is 83.9 cm³/mol. The van der Waals surface area contributed by atoms with E-state index in [4.69, 9.17) is 10.9 Å². The molecule has 0 aromatic heterocycles. The number of rotatable bonds is 2. The van der Waals surface area contributed by atoms with E-state index in [1.807, 2.05) is 12.1 Å². The van der Waals surface area contributed by atoms with Crippen LogP contribution in [0.1, 0.15) is 29.6 Å². The van der Waals surface area contributed by atoms with Crippen LogP contribution in [0, 0.1) is 0 Å². The van der Waals surface area contributed by atoms with Crippen LogP contribution >= 0.6 is 31.9 Å². The Morgan fingerprint density at radius 3 is 2.85 bits per heavy atom. The summed E-state index contributed by atoms with van der Waals surface area (Å²) in [4.78, 5) is 14.4. The molecule has 1 fully saturated rings. The Balaban J connectivity index is 2.32. The lowest BCUT2D eigenvalue weighted by atomic mass is 10.00. The first-order chi connectivity index (χ1) is 9.54. The van der Waals surface area contributed by atoms with Gasteiger partial charge in [-0.25, -0.2) is 0 Å². The molecule has 0 saturated carbocycles. The van der Waals surface area contributed by atoms with Crippen molar-refractivity contribution in [3.05, 3.63) is 32.7 Å². The maximum atomic E-state index is 12.7. The highest BCUT2D eigenvalue weighted by Gasteiger charge is 2.31. The average molecular weight is 405 g/mol. The number of nitrogens with two attached hydrogens (primary N) is 1. The highest BCUT2D eigenvalue weighted by atomic mass is 79.9. The lowest BCUT2D eigenvalue weighted by molar-refractivity contribution is 0.0675. The molecule has 20 heavy (non-hydrogen) atoms. The van der Waals surface area contributed by atoms with Crippen molar-refractivity contribution in [2.45, 2.75) is 25.3 Å². The molecule has 1 unspecified atom stereocenters. The Labute approximate surface area is 134 Å². The quantitative estimate of drug-likeness (QED) is 0.344. The van der Waals surface area contributed by atoms with Crippen LogP contribution in [0.15, 0.2) is 32.3 Å². The fraction of sp³-hybridized carbons (Fsp3) is 0.385. The van der Waals surface area contributed by atoms with Gasteiger partial charge in [0.05, 0.1) is 11.6 Å². The van der Waals surface area contributed by atoms with E-state index < -0.39 is 0 Å². The standard InChI is InChI=1S/C13H15Br2N3O2/c14-8-4-5-10(15)9(7-8)13(19)18-6-2-1-3-11(18)12(16)17-20/h4-5,7,11,20H,1-3,6H2,(H2,16,17). The summed E-state index contributed by atoms with van der Waals surface area (Å²) >= 11 is 6.76. The molecule has 0 aliphatic carbocycles. The van der Waals surface area contributed by atoms with E-state index in [-0.39, 0.29) is 17.8 Å². The molecule has 1 saturated heterocycles. The number of amides is 1. The molecule has 0 spiro atoms. The van der Waals surface area contributed by atoms with Gasteiger partial charge in [-0.1, -0.05) is 21.1 Å². The summed E-state index contributed by atoms with van der Waals surface area (Å²) in [6.45, 7) is 0.610. The molecule has 5 nitrogen and oxygen atoms in total. The molecule has 0 bridgehead atoms. The van der Waals surface area contributed by atoms with Crippen LogP contribution < -0.4 is 5.73 Å². The third-order valence-electron chi connectivity index (χ3n) is 3.38. The molecular weight excluding hydrogens is 390 g/mol. The minimum Gasteiger partial charge on any atom is -0.409 e. The van der Waals surface area contributed by atoms with Crippen molar-refractivity contribution in [1.82, 2.24) is 4.90 Å². The molecule has 0 radical (unpaired) electrons. The Kier molecular flexibility index (Phi) is 5.04. The molecule has 2 rings (SSSR count). The zero-order valence-electron chi connectivity index (χ0n) is 10.7. The lowest BCUT2D eigenvalue weighted by Crippen LogP contribution is -2.50. The lowest BCUT2D eigenvalue weighted by Gasteiger charge is -2.35. The Hall–Kier alpha value is -1.08. The van der Waals surface area contributed by atoms with E-state index in [0.29, 0.717) is 18.5 Å². The zero-order valence-corrected chi connectivity index (χ0v) is 13.9. The van der Waals surface area contributed by atoms with Gasteiger partial charge >= 0.3 is 0 Å². The number of oxime groups is 1. The number of hydrogen-bond donors (Lipinski definition) is 2. The molecule has 108 valence electrons. The zero-order chi connectivity index (χ0) is 14.7. The third-order valence-corrected chi connectivity index (χ3v) is 4.56. The first-order valence-electron chi connectivity index (χ1n) is 6.28.